The average Bonchev–Trinajstić information content (AvgIpc) is 3.24. The Hall–Kier alpha value is -0.920. The van der Waals surface area contributed by atoms with Crippen molar-refractivity contribution in [1.29, 1.82) is 0 Å². The second-order valence-electron chi connectivity index (χ2n) is 6.22. The first kappa shape index (κ1) is 15.0. The molecule has 1 aliphatic heterocycles. The predicted molar refractivity (Wildman–Crippen MR) is 79.2 cm³/mol. The molecule has 1 aromatic heterocycles. The van der Waals surface area contributed by atoms with E-state index in [0.717, 1.165) is 56.8 Å². The molecule has 2 fully saturated rings. The van der Waals surface area contributed by atoms with Crippen molar-refractivity contribution in [3.8, 4) is 0 Å². The highest BCUT2D eigenvalue weighted by molar-refractivity contribution is 7.90. The Kier molecular flexibility index (Phi) is 4.07. The zero-order valence-corrected chi connectivity index (χ0v) is 13.5. The summed E-state index contributed by atoms with van der Waals surface area (Å²) in [4.78, 5) is 2.27. The molecule has 0 N–H and O–H groups in total. The molecule has 1 atom stereocenters. The molecule has 1 saturated heterocycles. The van der Waals surface area contributed by atoms with Crippen molar-refractivity contribution in [2.75, 3.05) is 20.1 Å². The first-order valence-electron chi connectivity index (χ1n) is 7.58. The number of aryl methyl sites for hydroxylation is 1. The van der Waals surface area contributed by atoms with E-state index in [1.165, 1.54) is 0 Å². The lowest BCUT2D eigenvalue weighted by Gasteiger charge is -2.36. The van der Waals surface area contributed by atoms with Crippen LogP contribution in [0.2, 0.25) is 0 Å². The molecule has 1 unspecified atom stereocenters. The summed E-state index contributed by atoms with van der Waals surface area (Å²) in [5.74, 6) is 0.812. The number of nitrogens with zero attached hydrogens (tertiary/aromatic N) is 3. The van der Waals surface area contributed by atoms with E-state index in [0.29, 0.717) is 0 Å². The Morgan fingerprint density at radius 1 is 1.43 bits per heavy atom. The second kappa shape index (κ2) is 5.70. The average molecular weight is 313 g/mol. The van der Waals surface area contributed by atoms with Gasteiger partial charge in [0.2, 0.25) is 10.0 Å². The third kappa shape index (κ3) is 3.30. The third-order valence-electron chi connectivity index (χ3n) is 4.40. The Morgan fingerprint density at radius 2 is 2.19 bits per heavy atom. The molecule has 3 rings (SSSR count). The minimum absolute atomic E-state index is 0.0809. The fourth-order valence-electron chi connectivity index (χ4n) is 3.00. The smallest absolute Gasteiger partial charge is 0.217 e. The van der Waals surface area contributed by atoms with Gasteiger partial charge in [-0.2, -0.15) is 0 Å². The lowest BCUT2D eigenvalue weighted by molar-refractivity contribution is 0.150. The first-order chi connectivity index (χ1) is 9.96. The van der Waals surface area contributed by atoms with Crippen molar-refractivity contribution in [1.82, 2.24) is 14.4 Å². The summed E-state index contributed by atoms with van der Waals surface area (Å²) in [6, 6.07) is 2.02. The van der Waals surface area contributed by atoms with Crippen molar-refractivity contribution < 1.29 is 12.9 Å². The molecule has 1 aliphatic carbocycles. The number of sulfonamides is 1. The van der Waals surface area contributed by atoms with Crippen molar-refractivity contribution >= 4 is 10.0 Å². The quantitative estimate of drug-likeness (QED) is 0.821. The summed E-state index contributed by atoms with van der Waals surface area (Å²) in [6.45, 7) is 4.37. The fraction of sp³-hybridized carbons (Fsp3) is 0.786. The van der Waals surface area contributed by atoms with Crippen LogP contribution in [0, 0.1) is 6.92 Å². The number of likely N-dealkylation sites (tertiary alicyclic amines) is 1. The van der Waals surface area contributed by atoms with Gasteiger partial charge in [0.15, 0.2) is 0 Å². The van der Waals surface area contributed by atoms with E-state index in [1.54, 1.807) is 11.4 Å². The van der Waals surface area contributed by atoms with Gasteiger partial charge in [-0.05, 0) is 39.2 Å². The summed E-state index contributed by atoms with van der Waals surface area (Å²) < 4.78 is 31.4. The Morgan fingerprint density at radius 3 is 2.81 bits per heavy atom. The zero-order chi connectivity index (χ0) is 15.0. The molecule has 0 aromatic carbocycles. The number of rotatable bonds is 5. The highest BCUT2D eigenvalue weighted by atomic mass is 32.2. The van der Waals surface area contributed by atoms with Gasteiger partial charge in [-0.1, -0.05) is 5.16 Å². The minimum Gasteiger partial charge on any atom is -0.361 e. The lowest BCUT2D eigenvalue weighted by atomic mass is 10.1. The van der Waals surface area contributed by atoms with Gasteiger partial charge in [0, 0.05) is 32.2 Å². The standard InChI is InChI=1S/C14H23N3O3S/c1-11-8-12(15-20-11)9-17-7-3-4-13(10-17)16(2)21(18,19)14-5-6-14/h8,13-14H,3-7,9-10H2,1-2H3. The third-order valence-corrected chi connectivity index (χ3v) is 6.82. The molecule has 0 spiro atoms. The molecule has 118 valence electrons. The second-order valence-corrected chi connectivity index (χ2v) is 8.49. The maximum atomic E-state index is 12.3. The summed E-state index contributed by atoms with van der Waals surface area (Å²) in [6.07, 6.45) is 3.60. The highest BCUT2D eigenvalue weighted by Gasteiger charge is 2.41. The molecule has 0 bridgehead atoms. The molecular formula is C14H23N3O3S. The van der Waals surface area contributed by atoms with Gasteiger partial charge < -0.3 is 4.52 Å². The van der Waals surface area contributed by atoms with Crippen LogP contribution in [0.1, 0.15) is 37.1 Å². The van der Waals surface area contributed by atoms with Crippen molar-refractivity contribution in [3.63, 3.8) is 0 Å². The number of likely N-dealkylation sites (N-methyl/N-ethyl adjacent to an activating group) is 1. The number of hydrogen-bond donors (Lipinski definition) is 0. The minimum atomic E-state index is -3.09. The molecule has 0 radical (unpaired) electrons. The van der Waals surface area contributed by atoms with Crippen LogP contribution in [0.3, 0.4) is 0 Å². The van der Waals surface area contributed by atoms with Crippen LogP contribution in [-0.4, -0.2) is 54.2 Å². The van der Waals surface area contributed by atoms with Gasteiger partial charge >= 0.3 is 0 Å². The van der Waals surface area contributed by atoms with Crippen LogP contribution >= 0.6 is 0 Å². The topological polar surface area (TPSA) is 66.7 Å². The Bertz CT molecular complexity index is 594. The Balaban J connectivity index is 1.62. The van der Waals surface area contributed by atoms with E-state index in [4.69, 9.17) is 4.52 Å². The van der Waals surface area contributed by atoms with Crippen LogP contribution in [0.5, 0.6) is 0 Å². The maximum absolute atomic E-state index is 12.3. The molecular weight excluding hydrogens is 290 g/mol. The molecule has 1 aromatic rings. The van der Waals surface area contributed by atoms with Crippen LogP contribution in [-0.2, 0) is 16.6 Å². The van der Waals surface area contributed by atoms with Gasteiger partial charge in [-0.3, -0.25) is 4.90 Å². The SMILES string of the molecule is Cc1cc(CN2CCCC(N(C)S(=O)(=O)C3CC3)C2)no1. The van der Waals surface area contributed by atoms with Gasteiger partial charge in [0.05, 0.1) is 10.9 Å². The maximum Gasteiger partial charge on any atom is 0.217 e. The molecule has 2 heterocycles. The fourth-order valence-corrected chi connectivity index (χ4v) is 4.79. The highest BCUT2D eigenvalue weighted by Crippen LogP contribution is 2.32. The molecule has 2 aliphatic rings. The van der Waals surface area contributed by atoms with Crippen LogP contribution < -0.4 is 0 Å². The van der Waals surface area contributed by atoms with Crippen molar-refractivity contribution in [2.24, 2.45) is 0 Å². The Labute approximate surface area is 126 Å². The summed E-state index contributed by atoms with van der Waals surface area (Å²) in [5.41, 5.74) is 0.917. The van der Waals surface area contributed by atoms with E-state index >= 15 is 0 Å². The molecule has 6 nitrogen and oxygen atoms in total. The summed E-state index contributed by atoms with van der Waals surface area (Å²) >= 11 is 0. The predicted octanol–water partition coefficient (Wildman–Crippen LogP) is 1.37. The monoisotopic (exact) mass is 313 g/mol. The molecule has 21 heavy (non-hydrogen) atoms. The first-order valence-corrected chi connectivity index (χ1v) is 9.08. The number of piperidine rings is 1. The van der Waals surface area contributed by atoms with E-state index < -0.39 is 10.0 Å². The van der Waals surface area contributed by atoms with Crippen molar-refractivity contribution in [3.05, 3.63) is 17.5 Å². The molecule has 7 heteroatoms. The number of hydrogen-bond acceptors (Lipinski definition) is 5. The van der Waals surface area contributed by atoms with Gasteiger partial charge in [0.25, 0.3) is 0 Å². The van der Waals surface area contributed by atoms with E-state index in [1.807, 2.05) is 13.0 Å². The largest absolute Gasteiger partial charge is 0.361 e. The van der Waals surface area contributed by atoms with E-state index in [-0.39, 0.29) is 11.3 Å². The van der Waals surface area contributed by atoms with E-state index in [9.17, 15) is 8.42 Å². The lowest BCUT2D eigenvalue weighted by Crippen LogP contribution is -2.49. The molecule has 1 saturated carbocycles. The summed E-state index contributed by atoms with van der Waals surface area (Å²) in [7, 11) is -1.35. The van der Waals surface area contributed by atoms with E-state index in [2.05, 4.69) is 10.1 Å². The van der Waals surface area contributed by atoms with Crippen LogP contribution in [0.15, 0.2) is 10.6 Å². The van der Waals surface area contributed by atoms with Crippen molar-refractivity contribution in [2.45, 2.75) is 50.4 Å². The molecule has 0 amide bonds. The zero-order valence-electron chi connectivity index (χ0n) is 12.7. The van der Waals surface area contributed by atoms with Gasteiger partial charge in [0.1, 0.15) is 5.76 Å². The summed E-state index contributed by atoms with van der Waals surface area (Å²) in [5, 5.41) is 3.89. The van der Waals surface area contributed by atoms with Gasteiger partial charge in [-0.25, -0.2) is 12.7 Å². The normalized spacial score (nSPS) is 24.6. The van der Waals surface area contributed by atoms with Crippen LogP contribution in [0.25, 0.3) is 0 Å². The van der Waals surface area contributed by atoms with Gasteiger partial charge in [-0.15, -0.1) is 0 Å². The van der Waals surface area contributed by atoms with Crippen LogP contribution in [0.4, 0.5) is 0 Å². The number of aromatic nitrogens is 1.